The first kappa shape index (κ1) is 21.1. The number of rotatable bonds is 3. The minimum Gasteiger partial charge on any atom is -0.406 e. The molecule has 1 heterocycles. The van der Waals surface area contributed by atoms with Crippen molar-refractivity contribution in [3.63, 3.8) is 0 Å². The summed E-state index contributed by atoms with van der Waals surface area (Å²) in [7, 11) is 0. The van der Waals surface area contributed by atoms with Crippen LogP contribution in [0.15, 0.2) is 29.3 Å². The van der Waals surface area contributed by atoms with E-state index in [0.717, 1.165) is 5.56 Å². The van der Waals surface area contributed by atoms with Gasteiger partial charge in [-0.05, 0) is 66.7 Å². The molecule has 0 atom stereocenters. The summed E-state index contributed by atoms with van der Waals surface area (Å²) in [4.78, 5) is 8.25. The van der Waals surface area contributed by atoms with Crippen LogP contribution in [0.2, 0.25) is 5.28 Å². The molecule has 2 rings (SSSR count). The monoisotopic (exact) mass is 388 g/mol. The third-order valence-corrected chi connectivity index (χ3v) is 3.75. The van der Waals surface area contributed by atoms with Gasteiger partial charge < -0.3 is 4.74 Å². The van der Waals surface area contributed by atoms with Gasteiger partial charge in [0.25, 0.3) is 0 Å². The third kappa shape index (κ3) is 6.48. The number of ether oxygens (including phenoxy) is 1. The lowest BCUT2D eigenvalue weighted by molar-refractivity contribution is -0.274. The van der Waals surface area contributed by atoms with Crippen molar-refractivity contribution in [2.24, 2.45) is 0 Å². The Balaban J connectivity index is 0.00000151. The number of hydrogen-bond donors (Lipinski definition) is 0. The SMILES string of the molecule is CC.CC#CSc1nc(Cl)nc(-c2ccc(OC(F)(F)F)cc2)c1C. The van der Waals surface area contributed by atoms with E-state index in [4.69, 9.17) is 11.6 Å². The maximum atomic E-state index is 12.2. The van der Waals surface area contributed by atoms with E-state index in [-0.39, 0.29) is 11.0 Å². The maximum absolute atomic E-state index is 12.2. The van der Waals surface area contributed by atoms with Crippen molar-refractivity contribution in [1.29, 1.82) is 0 Å². The van der Waals surface area contributed by atoms with Crippen molar-refractivity contribution in [2.45, 2.75) is 39.1 Å². The van der Waals surface area contributed by atoms with Gasteiger partial charge in [0.2, 0.25) is 5.28 Å². The van der Waals surface area contributed by atoms with Gasteiger partial charge in [-0.1, -0.05) is 19.8 Å². The Morgan fingerprint density at radius 1 is 1.12 bits per heavy atom. The van der Waals surface area contributed by atoms with E-state index in [1.54, 1.807) is 13.8 Å². The first-order valence-electron chi connectivity index (χ1n) is 7.29. The molecule has 1 aromatic heterocycles. The minimum absolute atomic E-state index is 0.0432. The number of benzene rings is 1. The molecule has 0 aliphatic rings. The second kappa shape index (κ2) is 9.54. The van der Waals surface area contributed by atoms with Crippen LogP contribution in [-0.2, 0) is 0 Å². The highest BCUT2D eigenvalue weighted by Gasteiger charge is 2.31. The fraction of sp³-hybridized carbons (Fsp3) is 0.294. The number of aromatic nitrogens is 2. The molecule has 8 heteroatoms. The minimum atomic E-state index is -4.72. The molecule has 0 fully saturated rings. The highest BCUT2D eigenvalue weighted by atomic mass is 35.5. The molecule has 0 saturated heterocycles. The Hall–Kier alpha value is -1.91. The molecule has 134 valence electrons. The smallest absolute Gasteiger partial charge is 0.406 e. The van der Waals surface area contributed by atoms with Gasteiger partial charge in [-0.25, -0.2) is 9.97 Å². The van der Waals surface area contributed by atoms with E-state index in [1.807, 2.05) is 13.8 Å². The van der Waals surface area contributed by atoms with E-state index in [1.165, 1.54) is 36.0 Å². The predicted octanol–water partition coefficient (Wildman–Crippen LogP) is 6.10. The Kier molecular flexibility index (Phi) is 8.07. The fourth-order valence-electron chi connectivity index (χ4n) is 1.76. The molecule has 0 unspecified atom stereocenters. The molecule has 2 aromatic rings. The molecule has 0 aliphatic carbocycles. The van der Waals surface area contributed by atoms with E-state index >= 15 is 0 Å². The van der Waals surface area contributed by atoms with Gasteiger partial charge >= 0.3 is 6.36 Å². The van der Waals surface area contributed by atoms with Crippen molar-refractivity contribution in [3.05, 3.63) is 35.1 Å². The lowest BCUT2D eigenvalue weighted by Crippen LogP contribution is -2.16. The van der Waals surface area contributed by atoms with Crippen LogP contribution in [0.25, 0.3) is 11.3 Å². The van der Waals surface area contributed by atoms with Crippen molar-refractivity contribution in [3.8, 4) is 28.2 Å². The normalized spacial score (nSPS) is 10.2. The Morgan fingerprint density at radius 3 is 2.24 bits per heavy atom. The molecule has 0 N–H and O–H groups in total. The van der Waals surface area contributed by atoms with Gasteiger partial charge in [0, 0.05) is 11.1 Å². The summed E-state index contributed by atoms with van der Waals surface area (Å²) in [5.74, 6) is 2.44. The summed E-state index contributed by atoms with van der Waals surface area (Å²) in [6.07, 6.45) is -4.72. The van der Waals surface area contributed by atoms with Crippen LogP contribution in [0.3, 0.4) is 0 Å². The molecule has 0 radical (unpaired) electrons. The van der Waals surface area contributed by atoms with Crippen molar-refractivity contribution < 1.29 is 17.9 Å². The average Bonchev–Trinajstić information content (AvgIpc) is 2.56. The quantitative estimate of drug-likeness (QED) is 0.275. The van der Waals surface area contributed by atoms with E-state index in [0.29, 0.717) is 16.3 Å². The Labute approximate surface area is 154 Å². The number of halogens is 4. The average molecular weight is 389 g/mol. The Bertz CT molecular complexity index is 768. The van der Waals surface area contributed by atoms with Crippen molar-refractivity contribution >= 4 is 23.4 Å². The lowest BCUT2D eigenvalue weighted by atomic mass is 10.1. The number of alkyl halides is 3. The van der Waals surface area contributed by atoms with Crippen molar-refractivity contribution in [2.75, 3.05) is 0 Å². The highest BCUT2D eigenvalue weighted by Crippen LogP contribution is 2.31. The van der Waals surface area contributed by atoms with Crippen LogP contribution >= 0.6 is 23.4 Å². The number of thioether (sulfide) groups is 1. The van der Waals surface area contributed by atoms with E-state index in [2.05, 4.69) is 25.9 Å². The Morgan fingerprint density at radius 2 is 1.72 bits per heavy atom. The summed E-state index contributed by atoms with van der Waals surface area (Å²) in [6, 6.07) is 5.40. The molecule has 1 aromatic carbocycles. The van der Waals surface area contributed by atoms with E-state index < -0.39 is 6.36 Å². The van der Waals surface area contributed by atoms with Gasteiger partial charge in [-0.3, -0.25) is 0 Å². The standard InChI is InChI=1S/C15H10ClF3N2OS.C2H6/c1-3-8-23-13-9(2)12(20-14(16)21-13)10-4-6-11(7-5-10)22-15(17,18)19;1-2/h4-7H,1-2H3;1-2H3. The van der Waals surface area contributed by atoms with Crippen LogP contribution in [0, 0.1) is 18.1 Å². The largest absolute Gasteiger partial charge is 0.573 e. The third-order valence-electron chi connectivity index (χ3n) is 2.68. The zero-order valence-corrected chi connectivity index (χ0v) is 15.6. The first-order valence-corrected chi connectivity index (χ1v) is 8.48. The molecular weight excluding hydrogens is 373 g/mol. The van der Waals surface area contributed by atoms with Gasteiger partial charge in [0.05, 0.1) is 5.69 Å². The second-order valence-corrected chi connectivity index (χ2v) is 5.43. The topological polar surface area (TPSA) is 35.0 Å². The van der Waals surface area contributed by atoms with Crippen molar-refractivity contribution in [1.82, 2.24) is 9.97 Å². The van der Waals surface area contributed by atoms with Gasteiger partial charge in [-0.2, -0.15) is 0 Å². The molecule has 0 amide bonds. The van der Waals surface area contributed by atoms with E-state index in [9.17, 15) is 13.2 Å². The zero-order chi connectivity index (χ0) is 19.0. The molecule has 0 spiro atoms. The summed E-state index contributed by atoms with van der Waals surface area (Å²) in [5.41, 5.74) is 1.88. The molecule has 0 aliphatic heterocycles. The lowest BCUT2D eigenvalue weighted by Gasteiger charge is -2.11. The summed E-state index contributed by atoms with van der Waals surface area (Å²) >= 11 is 7.12. The first-order chi connectivity index (χ1) is 11.8. The zero-order valence-electron chi connectivity index (χ0n) is 14.0. The second-order valence-electron chi connectivity index (χ2n) is 4.30. The van der Waals surface area contributed by atoms with Gasteiger partial charge in [-0.15, -0.1) is 13.2 Å². The van der Waals surface area contributed by atoms with Gasteiger partial charge in [0.1, 0.15) is 10.8 Å². The highest BCUT2D eigenvalue weighted by molar-refractivity contribution is 8.03. The van der Waals surface area contributed by atoms with Crippen LogP contribution < -0.4 is 4.74 Å². The predicted molar refractivity (Wildman–Crippen MR) is 94.6 cm³/mol. The molecular formula is C17H16ClF3N2OS. The fourth-order valence-corrected chi connectivity index (χ4v) is 2.56. The summed E-state index contributed by atoms with van der Waals surface area (Å²) < 4.78 is 40.4. The maximum Gasteiger partial charge on any atom is 0.573 e. The number of nitrogens with zero attached hydrogens (tertiary/aromatic N) is 2. The van der Waals surface area contributed by atoms with Crippen LogP contribution in [0.4, 0.5) is 13.2 Å². The number of hydrogen-bond acceptors (Lipinski definition) is 4. The molecule has 25 heavy (non-hydrogen) atoms. The van der Waals surface area contributed by atoms with Crippen LogP contribution in [0.1, 0.15) is 26.3 Å². The molecule has 3 nitrogen and oxygen atoms in total. The van der Waals surface area contributed by atoms with Crippen LogP contribution in [0.5, 0.6) is 5.75 Å². The van der Waals surface area contributed by atoms with Gasteiger partial charge in [0.15, 0.2) is 0 Å². The molecule has 0 bridgehead atoms. The summed E-state index contributed by atoms with van der Waals surface area (Å²) in [6.45, 7) is 7.50. The molecule has 0 saturated carbocycles. The van der Waals surface area contributed by atoms with Crippen LogP contribution in [-0.4, -0.2) is 16.3 Å². The summed E-state index contributed by atoms with van der Waals surface area (Å²) in [5, 5.41) is 3.46.